The molecule has 12 heavy (non-hydrogen) atoms. The van der Waals surface area contributed by atoms with Crippen molar-refractivity contribution >= 4 is 23.3 Å². The SMILES string of the molecule is NC(=S)/N=N/c1nc(O)c(O)[nH]1. The molecule has 1 heterocycles. The maximum absolute atomic E-state index is 8.77. The normalized spacial score (nSPS) is 10.7. The molecule has 0 aliphatic rings. The number of aromatic hydroxyl groups is 2. The quantitative estimate of drug-likeness (QED) is 0.368. The number of azo groups is 1. The number of hydrogen-bond donors (Lipinski definition) is 4. The first-order valence-electron chi connectivity index (χ1n) is 2.78. The van der Waals surface area contributed by atoms with E-state index in [0.29, 0.717) is 0 Å². The number of rotatable bonds is 1. The molecule has 1 rings (SSSR count). The van der Waals surface area contributed by atoms with Gasteiger partial charge in [-0.15, -0.1) is 10.2 Å². The fourth-order valence-corrected chi connectivity index (χ4v) is 0.528. The molecule has 0 saturated heterocycles. The standard InChI is InChI=1S/C4H5N5O2S/c5-3(12)8-9-4-6-1(10)2(11)7-4/h10-11H,(H2,5,12)(H,6,7)/b9-8+. The Balaban J connectivity index is 2.83. The highest BCUT2D eigenvalue weighted by Crippen LogP contribution is 2.23. The molecule has 0 saturated carbocycles. The van der Waals surface area contributed by atoms with Gasteiger partial charge in [-0.1, -0.05) is 0 Å². The van der Waals surface area contributed by atoms with Crippen LogP contribution in [0.4, 0.5) is 5.95 Å². The van der Waals surface area contributed by atoms with E-state index in [-0.39, 0.29) is 11.1 Å². The van der Waals surface area contributed by atoms with E-state index in [9.17, 15) is 0 Å². The van der Waals surface area contributed by atoms with Gasteiger partial charge >= 0.3 is 0 Å². The predicted octanol–water partition coefficient (Wildman–Crippen LogP) is 0.148. The minimum Gasteiger partial charge on any atom is -0.491 e. The van der Waals surface area contributed by atoms with Crippen LogP contribution < -0.4 is 5.73 Å². The third-order valence-electron chi connectivity index (χ3n) is 0.897. The van der Waals surface area contributed by atoms with Gasteiger partial charge in [-0.2, -0.15) is 4.98 Å². The lowest BCUT2D eigenvalue weighted by Gasteiger charge is -1.81. The number of hydrogen-bond acceptors (Lipinski definition) is 5. The second-order valence-electron chi connectivity index (χ2n) is 1.77. The van der Waals surface area contributed by atoms with Crippen molar-refractivity contribution in [1.82, 2.24) is 9.97 Å². The number of aromatic amines is 1. The molecule has 0 radical (unpaired) electrons. The van der Waals surface area contributed by atoms with Crippen molar-refractivity contribution in [2.45, 2.75) is 0 Å². The topological polar surface area (TPSA) is 120 Å². The molecule has 0 aliphatic carbocycles. The Bertz CT molecular complexity index is 313. The van der Waals surface area contributed by atoms with E-state index in [2.05, 4.69) is 32.4 Å². The van der Waals surface area contributed by atoms with Crippen molar-refractivity contribution < 1.29 is 10.2 Å². The minimum atomic E-state index is -0.549. The summed E-state index contributed by atoms with van der Waals surface area (Å²) in [4.78, 5) is 5.58. The van der Waals surface area contributed by atoms with Gasteiger partial charge < -0.3 is 15.9 Å². The van der Waals surface area contributed by atoms with Crippen molar-refractivity contribution in [2.75, 3.05) is 0 Å². The third kappa shape index (κ3) is 1.89. The van der Waals surface area contributed by atoms with Gasteiger partial charge in [0, 0.05) is 0 Å². The molecule has 1 aromatic heterocycles. The number of thiocarbonyl (C=S) groups is 1. The number of H-pyrrole nitrogens is 1. The molecule has 7 nitrogen and oxygen atoms in total. The van der Waals surface area contributed by atoms with Gasteiger partial charge in [0.15, 0.2) is 0 Å². The lowest BCUT2D eigenvalue weighted by Crippen LogP contribution is -2.01. The third-order valence-corrected chi connectivity index (χ3v) is 0.979. The summed E-state index contributed by atoms with van der Waals surface area (Å²) in [5.41, 5.74) is 4.99. The van der Waals surface area contributed by atoms with E-state index in [0.717, 1.165) is 0 Å². The number of nitrogens with two attached hydrogens (primary N) is 1. The Morgan fingerprint density at radius 1 is 1.58 bits per heavy atom. The van der Waals surface area contributed by atoms with Crippen molar-refractivity contribution in [3.8, 4) is 11.8 Å². The van der Waals surface area contributed by atoms with Crippen LogP contribution in [0.3, 0.4) is 0 Å². The molecule has 8 heteroatoms. The predicted molar refractivity (Wildman–Crippen MR) is 43.2 cm³/mol. The molecule has 0 amide bonds. The van der Waals surface area contributed by atoms with Gasteiger partial charge in [0.25, 0.3) is 17.7 Å². The smallest absolute Gasteiger partial charge is 0.276 e. The number of nitrogens with one attached hydrogen (secondary N) is 1. The molecular formula is C4H5N5O2S. The second kappa shape index (κ2) is 3.13. The molecule has 1 aromatic rings. The van der Waals surface area contributed by atoms with E-state index < -0.39 is 11.8 Å². The maximum Gasteiger partial charge on any atom is 0.276 e. The minimum absolute atomic E-state index is 0.0715. The average molecular weight is 187 g/mol. The summed E-state index contributed by atoms with van der Waals surface area (Å²) < 4.78 is 0. The summed E-state index contributed by atoms with van der Waals surface area (Å²) in [6.45, 7) is 0. The van der Waals surface area contributed by atoms with E-state index in [4.69, 9.17) is 15.9 Å². The molecule has 0 atom stereocenters. The monoisotopic (exact) mass is 187 g/mol. The van der Waals surface area contributed by atoms with Crippen LogP contribution in [0.5, 0.6) is 11.8 Å². The van der Waals surface area contributed by atoms with Crippen molar-refractivity contribution in [3.63, 3.8) is 0 Å². The van der Waals surface area contributed by atoms with Crippen LogP contribution in [0.25, 0.3) is 0 Å². The first kappa shape index (κ1) is 8.40. The summed E-state index contributed by atoms with van der Waals surface area (Å²) >= 11 is 4.39. The van der Waals surface area contributed by atoms with Gasteiger partial charge in [0.2, 0.25) is 5.11 Å². The molecule has 0 aromatic carbocycles. The van der Waals surface area contributed by atoms with Gasteiger partial charge in [0.05, 0.1) is 0 Å². The molecule has 0 bridgehead atoms. The summed E-state index contributed by atoms with van der Waals surface area (Å²) in [6, 6.07) is 0. The zero-order valence-electron chi connectivity index (χ0n) is 5.72. The van der Waals surface area contributed by atoms with Crippen LogP contribution >= 0.6 is 12.2 Å². The van der Waals surface area contributed by atoms with Crippen molar-refractivity contribution in [1.29, 1.82) is 0 Å². The number of nitrogens with zero attached hydrogens (tertiary/aromatic N) is 3. The molecule has 0 unspecified atom stereocenters. The molecule has 5 N–H and O–H groups in total. The number of aromatic nitrogens is 2. The Morgan fingerprint density at radius 2 is 2.25 bits per heavy atom. The molecule has 64 valence electrons. The van der Waals surface area contributed by atoms with Crippen LogP contribution in [0.1, 0.15) is 0 Å². The molecule has 0 spiro atoms. The maximum atomic E-state index is 8.77. The van der Waals surface area contributed by atoms with E-state index >= 15 is 0 Å². The van der Waals surface area contributed by atoms with Crippen molar-refractivity contribution in [3.05, 3.63) is 0 Å². The first-order chi connectivity index (χ1) is 5.59. The Hall–Kier alpha value is -1.70. The van der Waals surface area contributed by atoms with E-state index in [1.807, 2.05) is 0 Å². The van der Waals surface area contributed by atoms with Crippen LogP contribution in [0, 0.1) is 0 Å². The van der Waals surface area contributed by atoms with E-state index in [1.165, 1.54) is 0 Å². The van der Waals surface area contributed by atoms with Crippen LogP contribution in [0.2, 0.25) is 0 Å². The fourth-order valence-electron chi connectivity index (χ4n) is 0.487. The van der Waals surface area contributed by atoms with E-state index in [1.54, 1.807) is 0 Å². The van der Waals surface area contributed by atoms with Crippen LogP contribution in [-0.2, 0) is 0 Å². The first-order valence-corrected chi connectivity index (χ1v) is 3.19. The largest absolute Gasteiger partial charge is 0.491 e. The zero-order valence-corrected chi connectivity index (χ0v) is 6.54. The highest BCUT2D eigenvalue weighted by Gasteiger charge is 2.05. The summed E-state index contributed by atoms with van der Waals surface area (Å²) in [5.74, 6) is -1.10. The lowest BCUT2D eigenvalue weighted by molar-refractivity contribution is 0.386. The Morgan fingerprint density at radius 3 is 2.67 bits per heavy atom. The van der Waals surface area contributed by atoms with Gasteiger partial charge in [-0.05, 0) is 12.2 Å². The summed E-state index contributed by atoms with van der Waals surface area (Å²) in [7, 11) is 0. The zero-order chi connectivity index (χ0) is 9.14. The van der Waals surface area contributed by atoms with Gasteiger partial charge in [-0.25, -0.2) is 0 Å². The number of imidazole rings is 1. The molecule has 0 aliphatic heterocycles. The Kier molecular flexibility index (Phi) is 2.19. The Labute approximate surface area is 72.0 Å². The average Bonchev–Trinajstić information content (AvgIpc) is 2.28. The summed E-state index contributed by atoms with van der Waals surface area (Å²) in [5, 5.41) is 24.0. The lowest BCUT2D eigenvalue weighted by atomic mass is 10.8. The van der Waals surface area contributed by atoms with Gasteiger partial charge in [-0.3, -0.25) is 4.98 Å². The highest BCUT2D eigenvalue weighted by atomic mass is 32.1. The highest BCUT2D eigenvalue weighted by molar-refractivity contribution is 7.80. The molecule has 0 fully saturated rings. The van der Waals surface area contributed by atoms with Crippen LogP contribution in [0.15, 0.2) is 10.2 Å². The second-order valence-corrected chi connectivity index (χ2v) is 2.19. The van der Waals surface area contributed by atoms with Crippen molar-refractivity contribution in [2.24, 2.45) is 16.0 Å². The molecular weight excluding hydrogens is 182 g/mol. The fraction of sp³-hybridized carbons (Fsp3) is 0. The summed E-state index contributed by atoms with van der Waals surface area (Å²) in [6.07, 6.45) is 0. The van der Waals surface area contributed by atoms with Crippen LogP contribution in [-0.4, -0.2) is 25.3 Å². The van der Waals surface area contributed by atoms with Gasteiger partial charge in [0.1, 0.15) is 0 Å².